The summed E-state index contributed by atoms with van der Waals surface area (Å²) in [5.74, 6) is 0.663. The van der Waals surface area contributed by atoms with Crippen LogP contribution in [0.2, 0.25) is 0 Å². The van der Waals surface area contributed by atoms with E-state index in [2.05, 4.69) is 5.32 Å². The van der Waals surface area contributed by atoms with Crippen LogP contribution in [0.4, 0.5) is 0 Å². The number of carbonyl (C=O) groups is 2. The first kappa shape index (κ1) is 15.6. The summed E-state index contributed by atoms with van der Waals surface area (Å²) in [4.78, 5) is 26.2. The summed E-state index contributed by atoms with van der Waals surface area (Å²) in [6.45, 7) is 7.95. The lowest BCUT2D eigenvalue weighted by molar-refractivity contribution is -0.138. The average molecular weight is 300 g/mol. The summed E-state index contributed by atoms with van der Waals surface area (Å²) in [6.07, 6.45) is 2.05. The summed E-state index contributed by atoms with van der Waals surface area (Å²) in [7, 11) is 0. The topological polar surface area (TPSA) is 58.6 Å². The zero-order valence-corrected chi connectivity index (χ0v) is 13.3. The van der Waals surface area contributed by atoms with Gasteiger partial charge < -0.3 is 15.0 Å². The molecule has 0 aromatic heterocycles. The highest BCUT2D eigenvalue weighted by Gasteiger charge is 2.39. The van der Waals surface area contributed by atoms with E-state index in [1.165, 1.54) is 0 Å². The molecular weight excluding hydrogens is 276 g/mol. The van der Waals surface area contributed by atoms with Crippen molar-refractivity contribution in [3.8, 4) is 0 Å². The number of hydrogen-bond acceptors (Lipinski definition) is 4. The van der Waals surface area contributed by atoms with E-state index in [0.717, 1.165) is 32.5 Å². The number of hydrogen-bond donors (Lipinski definition) is 1. The number of amides is 2. The van der Waals surface area contributed by atoms with Gasteiger partial charge in [-0.25, -0.2) is 0 Å². The Labute approximate surface area is 124 Å². The summed E-state index contributed by atoms with van der Waals surface area (Å²) in [5, 5.41) is 2.86. The zero-order chi connectivity index (χ0) is 14.8. The lowest BCUT2D eigenvalue weighted by Crippen LogP contribution is -2.58. The third-order valence-corrected chi connectivity index (χ3v) is 5.32. The number of rotatable bonds is 3. The lowest BCUT2D eigenvalue weighted by Gasteiger charge is -2.38. The molecule has 2 fully saturated rings. The molecule has 2 saturated heterocycles. The first-order chi connectivity index (χ1) is 9.44. The van der Waals surface area contributed by atoms with Crippen molar-refractivity contribution in [2.75, 3.05) is 25.4 Å². The molecule has 5 nitrogen and oxygen atoms in total. The minimum Gasteiger partial charge on any atom is -0.378 e. The Hall–Kier alpha value is -0.750. The molecule has 0 spiro atoms. The van der Waals surface area contributed by atoms with E-state index in [0.29, 0.717) is 5.75 Å². The van der Waals surface area contributed by atoms with Gasteiger partial charge >= 0.3 is 0 Å². The number of ether oxygens (including phenoxy) is 1. The fraction of sp³-hybridized carbons (Fsp3) is 0.857. The van der Waals surface area contributed by atoms with Crippen LogP contribution >= 0.6 is 11.8 Å². The maximum Gasteiger partial charge on any atom is 0.246 e. The Morgan fingerprint density at radius 2 is 2.10 bits per heavy atom. The molecular formula is C14H24N2O3S. The van der Waals surface area contributed by atoms with Crippen molar-refractivity contribution in [2.24, 2.45) is 0 Å². The summed E-state index contributed by atoms with van der Waals surface area (Å²) in [6, 6.07) is -0.371. The molecule has 0 aromatic rings. The minimum atomic E-state index is -0.432. The minimum absolute atomic E-state index is 0.0451. The maximum absolute atomic E-state index is 12.4. The molecule has 6 heteroatoms. The highest BCUT2D eigenvalue weighted by molar-refractivity contribution is 8.01. The van der Waals surface area contributed by atoms with Crippen molar-refractivity contribution in [3.63, 3.8) is 0 Å². The van der Waals surface area contributed by atoms with Gasteiger partial charge in [-0.2, -0.15) is 0 Å². The fourth-order valence-corrected chi connectivity index (χ4v) is 3.56. The van der Waals surface area contributed by atoms with Crippen molar-refractivity contribution in [1.29, 1.82) is 0 Å². The third kappa shape index (κ3) is 3.47. The van der Waals surface area contributed by atoms with Gasteiger partial charge in [0, 0.05) is 25.4 Å². The van der Waals surface area contributed by atoms with Crippen LogP contribution in [0.25, 0.3) is 0 Å². The van der Waals surface area contributed by atoms with Crippen LogP contribution < -0.4 is 5.32 Å². The molecule has 2 rings (SSSR count). The Bertz CT molecular complexity index is 379. The second-order valence-corrected chi connectivity index (χ2v) is 7.47. The van der Waals surface area contributed by atoms with Gasteiger partial charge in [-0.3, -0.25) is 9.59 Å². The smallest absolute Gasteiger partial charge is 0.246 e. The third-order valence-electron chi connectivity index (χ3n) is 3.92. The predicted octanol–water partition coefficient (Wildman–Crippen LogP) is 1.02. The standard InChI is InChI=1S/C14H24N2O3S/c1-4-19-10-5-7-16(8-6-10)12(17)11-9-20-14(2,3)13(18)15-11/h10-11H,4-9H2,1-3H3,(H,15,18). The van der Waals surface area contributed by atoms with E-state index in [9.17, 15) is 9.59 Å². The second-order valence-electron chi connectivity index (χ2n) is 5.83. The molecule has 1 N–H and O–H groups in total. The van der Waals surface area contributed by atoms with Gasteiger partial charge in [0.2, 0.25) is 11.8 Å². The van der Waals surface area contributed by atoms with Crippen LogP contribution in [0.3, 0.4) is 0 Å². The van der Waals surface area contributed by atoms with Crippen LogP contribution in [0.1, 0.15) is 33.6 Å². The molecule has 0 saturated carbocycles. The quantitative estimate of drug-likeness (QED) is 0.845. The molecule has 0 bridgehead atoms. The normalized spacial score (nSPS) is 27.2. The predicted molar refractivity (Wildman–Crippen MR) is 79.7 cm³/mol. The Kier molecular flexibility index (Phi) is 4.96. The molecule has 0 radical (unpaired) electrons. The Morgan fingerprint density at radius 1 is 1.45 bits per heavy atom. The van der Waals surface area contributed by atoms with Crippen molar-refractivity contribution in [2.45, 2.75) is 50.5 Å². The van der Waals surface area contributed by atoms with Crippen LogP contribution in [-0.4, -0.2) is 59.1 Å². The van der Waals surface area contributed by atoms with Crippen LogP contribution in [-0.2, 0) is 14.3 Å². The van der Waals surface area contributed by atoms with E-state index >= 15 is 0 Å². The van der Waals surface area contributed by atoms with E-state index < -0.39 is 4.75 Å². The first-order valence-corrected chi connectivity index (χ1v) is 8.28. The number of thioether (sulfide) groups is 1. The second kappa shape index (κ2) is 6.35. The highest BCUT2D eigenvalue weighted by Crippen LogP contribution is 2.29. The van der Waals surface area contributed by atoms with Gasteiger partial charge in [0.15, 0.2) is 0 Å². The number of likely N-dealkylation sites (tertiary alicyclic amines) is 1. The first-order valence-electron chi connectivity index (χ1n) is 7.29. The molecule has 0 aromatic carbocycles. The Balaban J connectivity index is 1.85. The summed E-state index contributed by atoms with van der Waals surface area (Å²) < 4.78 is 5.16. The van der Waals surface area contributed by atoms with Gasteiger partial charge in [-0.1, -0.05) is 0 Å². The van der Waals surface area contributed by atoms with Crippen LogP contribution in [0.15, 0.2) is 0 Å². The van der Waals surface area contributed by atoms with Crippen molar-refractivity contribution < 1.29 is 14.3 Å². The Morgan fingerprint density at radius 3 is 2.65 bits per heavy atom. The summed E-state index contributed by atoms with van der Waals surface area (Å²) >= 11 is 1.55. The molecule has 1 atom stereocenters. The maximum atomic E-state index is 12.4. The highest BCUT2D eigenvalue weighted by atomic mass is 32.2. The van der Waals surface area contributed by atoms with Crippen LogP contribution in [0, 0.1) is 0 Å². The van der Waals surface area contributed by atoms with E-state index in [1.54, 1.807) is 11.8 Å². The number of nitrogens with zero attached hydrogens (tertiary/aromatic N) is 1. The summed E-state index contributed by atoms with van der Waals surface area (Å²) in [5.41, 5.74) is 0. The monoisotopic (exact) mass is 300 g/mol. The van der Waals surface area contributed by atoms with Crippen molar-refractivity contribution >= 4 is 23.6 Å². The average Bonchev–Trinajstić information content (AvgIpc) is 2.42. The van der Waals surface area contributed by atoms with E-state index in [4.69, 9.17) is 4.74 Å². The van der Waals surface area contributed by atoms with Gasteiger partial charge in [0.25, 0.3) is 0 Å². The van der Waals surface area contributed by atoms with Crippen molar-refractivity contribution in [1.82, 2.24) is 10.2 Å². The van der Waals surface area contributed by atoms with E-state index in [1.807, 2.05) is 25.7 Å². The molecule has 1 unspecified atom stereocenters. The van der Waals surface area contributed by atoms with Gasteiger partial charge in [-0.15, -0.1) is 11.8 Å². The van der Waals surface area contributed by atoms with Crippen molar-refractivity contribution in [3.05, 3.63) is 0 Å². The number of carbonyl (C=O) groups excluding carboxylic acids is 2. The fourth-order valence-electron chi connectivity index (χ4n) is 2.56. The molecule has 2 amide bonds. The largest absolute Gasteiger partial charge is 0.378 e. The molecule has 114 valence electrons. The van der Waals surface area contributed by atoms with Gasteiger partial charge in [0.1, 0.15) is 6.04 Å². The molecule has 0 aliphatic carbocycles. The zero-order valence-electron chi connectivity index (χ0n) is 12.5. The lowest BCUT2D eigenvalue weighted by atomic mass is 10.1. The number of piperidine rings is 1. The SMILES string of the molecule is CCOC1CCN(C(=O)C2CSC(C)(C)C(=O)N2)CC1. The van der Waals surface area contributed by atoms with Crippen LogP contribution in [0.5, 0.6) is 0 Å². The molecule has 2 aliphatic heterocycles. The molecule has 2 aliphatic rings. The van der Waals surface area contributed by atoms with E-state index in [-0.39, 0.29) is 24.0 Å². The molecule has 20 heavy (non-hydrogen) atoms. The molecule has 2 heterocycles. The van der Waals surface area contributed by atoms with Gasteiger partial charge in [-0.05, 0) is 33.6 Å². The van der Waals surface area contributed by atoms with Gasteiger partial charge in [0.05, 0.1) is 10.9 Å². The number of nitrogens with one attached hydrogen (secondary N) is 1.